The highest BCUT2D eigenvalue weighted by Crippen LogP contribution is 2.20. The quantitative estimate of drug-likeness (QED) is 0.713. The highest BCUT2D eigenvalue weighted by molar-refractivity contribution is 5.83. The van der Waals surface area contributed by atoms with Crippen molar-refractivity contribution in [2.45, 2.75) is 32.9 Å². The first-order valence-corrected chi connectivity index (χ1v) is 8.25. The second-order valence-electron chi connectivity index (χ2n) is 5.67. The number of nitrogens with one attached hydrogen (secondary N) is 1. The highest BCUT2D eigenvalue weighted by Gasteiger charge is 2.13. The molecule has 0 saturated heterocycles. The summed E-state index contributed by atoms with van der Waals surface area (Å²) in [6, 6.07) is 9.81. The van der Waals surface area contributed by atoms with Gasteiger partial charge in [-0.1, -0.05) is 25.5 Å². The fourth-order valence-corrected chi connectivity index (χ4v) is 2.54. The molecule has 3 rings (SSSR count). The molecule has 0 atom stereocenters. The zero-order chi connectivity index (χ0) is 17.6. The summed E-state index contributed by atoms with van der Waals surface area (Å²) in [6.07, 6.45) is 3.87. The van der Waals surface area contributed by atoms with E-state index in [-0.39, 0.29) is 5.82 Å². The van der Waals surface area contributed by atoms with Crippen LogP contribution in [0.3, 0.4) is 0 Å². The second-order valence-corrected chi connectivity index (χ2v) is 5.67. The van der Waals surface area contributed by atoms with E-state index in [0.29, 0.717) is 23.5 Å². The first-order chi connectivity index (χ1) is 12.2. The molecule has 7 nitrogen and oxygen atoms in total. The lowest BCUT2D eigenvalue weighted by atomic mass is 10.2. The van der Waals surface area contributed by atoms with Crippen LogP contribution in [0, 0.1) is 11.3 Å². The van der Waals surface area contributed by atoms with Crippen molar-refractivity contribution in [2.75, 3.05) is 12.4 Å². The molecule has 2 aromatic heterocycles. The van der Waals surface area contributed by atoms with Gasteiger partial charge in [-0.2, -0.15) is 15.2 Å². The number of hydrogen-bond donors (Lipinski definition) is 1. The van der Waals surface area contributed by atoms with Crippen molar-refractivity contribution in [3.8, 4) is 11.8 Å². The third-order valence-corrected chi connectivity index (χ3v) is 3.94. The molecule has 1 N–H and O–H groups in total. The van der Waals surface area contributed by atoms with E-state index in [0.717, 1.165) is 30.7 Å². The Kier molecular flexibility index (Phi) is 5.09. The van der Waals surface area contributed by atoms with Gasteiger partial charge in [0.15, 0.2) is 17.0 Å². The van der Waals surface area contributed by atoms with Gasteiger partial charge < -0.3 is 14.6 Å². The molecule has 25 heavy (non-hydrogen) atoms. The van der Waals surface area contributed by atoms with Crippen LogP contribution in [0.15, 0.2) is 30.6 Å². The number of benzene rings is 1. The molecule has 0 amide bonds. The van der Waals surface area contributed by atoms with Gasteiger partial charge in [-0.15, -0.1) is 0 Å². The maximum absolute atomic E-state index is 9.22. The Morgan fingerprint density at radius 1 is 1.24 bits per heavy atom. The molecule has 0 bridgehead atoms. The second kappa shape index (κ2) is 7.62. The molecule has 0 spiro atoms. The van der Waals surface area contributed by atoms with Crippen LogP contribution in [0.4, 0.5) is 5.82 Å². The molecule has 0 saturated carbocycles. The minimum absolute atomic E-state index is 0.142. The van der Waals surface area contributed by atoms with Crippen LogP contribution < -0.4 is 10.1 Å². The molecule has 0 aliphatic heterocycles. The van der Waals surface area contributed by atoms with Gasteiger partial charge in [-0.05, 0) is 24.1 Å². The van der Waals surface area contributed by atoms with Gasteiger partial charge in [0.2, 0.25) is 5.82 Å². The molecule has 2 heterocycles. The summed E-state index contributed by atoms with van der Waals surface area (Å²) in [5, 5.41) is 12.5. The molecule has 0 aliphatic carbocycles. The van der Waals surface area contributed by atoms with Gasteiger partial charge in [-0.25, -0.2) is 4.98 Å². The minimum atomic E-state index is 0.142. The summed E-state index contributed by atoms with van der Waals surface area (Å²) < 4.78 is 7.14. The van der Waals surface area contributed by atoms with Gasteiger partial charge in [0.25, 0.3) is 0 Å². The molecular formula is C18H20N6O. The Hall–Kier alpha value is -3.14. The lowest BCUT2D eigenvalue weighted by molar-refractivity contribution is 0.414. The van der Waals surface area contributed by atoms with Gasteiger partial charge >= 0.3 is 0 Å². The molecule has 128 valence electrons. The van der Waals surface area contributed by atoms with E-state index in [1.54, 1.807) is 13.4 Å². The van der Waals surface area contributed by atoms with Crippen LogP contribution in [-0.4, -0.2) is 26.6 Å². The Balaban J connectivity index is 1.86. The number of rotatable bonds is 7. The van der Waals surface area contributed by atoms with Crippen LogP contribution in [0.1, 0.15) is 31.2 Å². The number of nitrogens with zero attached hydrogens (tertiary/aromatic N) is 5. The molecule has 0 unspecified atom stereocenters. The van der Waals surface area contributed by atoms with Crippen molar-refractivity contribution in [3.05, 3.63) is 42.0 Å². The predicted octanol–water partition coefficient (Wildman–Crippen LogP) is 3.12. The Bertz CT molecular complexity index is 894. The third-order valence-electron chi connectivity index (χ3n) is 3.94. The number of aromatic nitrogens is 4. The van der Waals surface area contributed by atoms with Crippen LogP contribution in [0.5, 0.6) is 5.75 Å². The number of anilines is 1. The molecule has 7 heteroatoms. The maximum Gasteiger partial charge on any atom is 0.236 e. The number of imidazole rings is 1. The van der Waals surface area contributed by atoms with E-state index >= 15 is 0 Å². The van der Waals surface area contributed by atoms with E-state index in [2.05, 4.69) is 27.2 Å². The first-order valence-electron chi connectivity index (χ1n) is 8.25. The molecule has 1 aromatic carbocycles. The molecular weight excluding hydrogens is 316 g/mol. The van der Waals surface area contributed by atoms with E-state index < -0.39 is 0 Å². The monoisotopic (exact) mass is 336 g/mol. The Labute approximate surface area is 146 Å². The standard InChI is InChI=1S/C18H20N6O/c1-3-4-9-24-12-21-16-17(22-15(10-19)23-18(16)24)20-11-13-5-7-14(25-2)8-6-13/h5-8,12H,3-4,9,11H2,1-2H3,(H,20,22,23). The van der Waals surface area contributed by atoms with Gasteiger partial charge in [-0.3, -0.25) is 0 Å². The van der Waals surface area contributed by atoms with Crippen molar-refractivity contribution in [1.29, 1.82) is 5.26 Å². The number of nitriles is 1. The number of methoxy groups -OCH3 is 1. The molecule has 0 aliphatic rings. The normalized spacial score (nSPS) is 10.6. The lowest BCUT2D eigenvalue weighted by Gasteiger charge is -2.08. The largest absolute Gasteiger partial charge is 0.497 e. The average molecular weight is 336 g/mol. The fourth-order valence-electron chi connectivity index (χ4n) is 2.54. The number of hydrogen-bond acceptors (Lipinski definition) is 6. The molecule has 3 aromatic rings. The van der Waals surface area contributed by atoms with Crippen molar-refractivity contribution >= 4 is 17.0 Å². The van der Waals surface area contributed by atoms with Gasteiger partial charge in [0.1, 0.15) is 11.8 Å². The van der Waals surface area contributed by atoms with Crippen molar-refractivity contribution in [1.82, 2.24) is 19.5 Å². The highest BCUT2D eigenvalue weighted by atomic mass is 16.5. The summed E-state index contributed by atoms with van der Waals surface area (Å²) in [7, 11) is 1.64. The van der Waals surface area contributed by atoms with Crippen molar-refractivity contribution in [3.63, 3.8) is 0 Å². The molecule has 0 fully saturated rings. The lowest BCUT2D eigenvalue weighted by Crippen LogP contribution is -2.06. The number of ether oxygens (including phenoxy) is 1. The zero-order valence-electron chi connectivity index (χ0n) is 14.4. The van der Waals surface area contributed by atoms with Gasteiger partial charge in [0.05, 0.1) is 13.4 Å². The first kappa shape index (κ1) is 16.7. The van der Waals surface area contributed by atoms with E-state index in [9.17, 15) is 5.26 Å². The minimum Gasteiger partial charge on any atom is -0.497 e. The maximum atomic E-state index is 9.22. The predicted molar refractivity (Wildman–Crippen MR) is 95.3 cm³/mol. The summed E-state index contributed by atoms with van der Waals surface area (Å²) in [5.41, 5.74) is 2.46. The smallest absolute Gasteiger partial charge is 0.236 e. The Morgan fingerprint density at radius 2 is 2.04 bits per heavy atom. The van der Waals surface area contributed by atoms with Crippen LogP contribution in [-0.2, 0) is 13.1 Å². The molecule has 0 radical (unpaired) electrons. The average Bonchev–Trinajstić information content (AvgIpc) is 3.07. The summed E-state index contributed by atoms with van der Waals surface area (Å²) >= 11 is 0. The summed E-state index contributed by atoms with van der Waals surface area (Å²) in [4.78, 5) is 13.0. The van der Waals surface area contributed by atoms with Gasteiger partial charge in [0, 0.05) is 13.1 Å². The van der Waals surface area contributed by atoms with Crippen LogP contribution in [0.25, 0.3) is 11.2 Å². The topological polar surface area (TPSA) is 88.6 Å². The zero-order valence-corrected chi connectivity index (χ0v) is 14.4. The van der Waals surface area contributed by atoms with Crippen LogP contribution >= 0.6 is 0 Å². The SMILES string of the molecule is CCCCn1cnc2c(NCc3ccc(OC)cc3)nc(C#N)nc21. The fraction of sp³-hybridized carbons (Fsp3) is 0.333. The number of aryl methyl sites for hydroxylation is 1. The summed E-state index contributed by atoms with van der Waals surface area (Å²) in [5.74, 6) is 1.53. The van der Waals surface area contributed by atoms with E-state index in [1.165, 1.54) is 0 Å². The third kappa shape index (κ3) is 3.69. The van der Waals surface area contributed by atoms with Crippen LogP contribution in [0.2, 0.25) is 0 Å². The summed E-state index contributed by atoms with van der Waals surface area (Å²) in [6.45, 7) is 3.53. The van der Waals surface area contributed by atoms with E-state index in [4.69, 9.17) is 4.74 Å². The van der Waals surface area contributed by atoms with Crippen molar-refractivity contribution < 1.29 is 4.74 Å². The number of unbranched alkanes of at least 4 members (excludes halogenated alkanes) is 1. The Morgan fingerprint density at radius 3 is 2.72 bits per heavy atom. The number of fused-ring (bicyclic) bond motifs is 1. The van der Waals surface area contributed by atoms with E-state index in [1.807, 2.05) is 34.9 Å². The van der Waals surface area contributed by atoms with Crippen molar-refractivity contribution in [2.24, 2.45) is 0 Å².